The zero-order chi connectivity index (χ0) is 0. The van der Waals surface area contributed by atoms with E-state index in [9.17, 15) is 0 Å². The van der Waals surface area contributed by atoms with E-state index in [2.05, 4.69) is 0 Å². The maximum Gasteiger partial charge on any atom is 2.00 e. The van der Waals surface area contributed by atoms with Crippen molar-refractivity contribution >= 4 is 87.4 Å². The van der Waals surface area contributed by atoms with Crippen LogP contribution in [0, 0.1) is 0 Å². The molecule has 5 heavy (non-hydrogen) atoms. The molecule has 36 valence electrons. The Kier molecular flexibility index (Phi) is 336. The molecule has 0 spiro atoms. The van der Waals surface area contributed by atoms with E-state index in [1.165, 1.54) is 0 Å². The summed E-state index contributed by atoms with van der Waals surface area (Å²) >= 11 is 0. The van der Waals surface area contributed by atoms with Gasteiger partial charge in [0.05, 0.1) is 0 Å². The predicted molar refractivity (Wildman–Crippen MR) is 37.0 cm³/mol. The van der Waals surface area contributed by atoms with Gasteiger partial charge in [0.1, 0.15) is 0 Å². The van der Waals surface area contributed by atoms with Gasteiger partial charge in [-0.1, -0.05) is 0 Å². The van der Waals surface area contributed by atoms with Crippen molar-refractivity contribution in [2.75, 3.05) is 0 Å². The summed E-state index contributed by atoms with van der Waals surface area (Å²) in [5, 5.41) is 0. The number of hydrogen-bond acceptors (Lipinski definition) is 0. The van der Waals surface area contributed by atoms with Crippen LogP contribution in [0.25, 0.3) is 0 Å². The molecule has 0 saturated carbocycles. The van der Waals surface area contributed by atoms with Crippen molar-refractivity contribution in [1.29, 1.82) is 0 Å². The summed E-state index contributed by atoms with van der Waals surface area (Å²) in [5.41, 5.74) is 0. The molecule has 0 aliphatic rings. The summed E-state index contributed by atoms with van der Waals surface area (Å²) in [6.45, 7) is 0. The minimum Gasteiger partial charge on any atom is -1.00 e. The summed E-state index contributed by atoms with van der Waals surface area (Å²) in [7, 11) is 0. The Hall–Kier alpha value is 2.42. The zero-order valence-corrected chi connectivity index (χ0v) is 7.81. The van der Waals surface area contributed by atoms with E-state index >= 15 is 0 Å². The van der Waals surface area contributed by atoms with Gasteiger partial charge in [0.2, 0.25) is 0 Å². The van der Waals surface area contributed by atoms with Crippen LogP contribution in [0.4, 0.5) is 0 Å². The molecule has 0 aliphatic carbocycles. The molecule has 0 saturated heterocycles. The van der Waals surface area contributed by atoms with E-state index in [1.54, 1.807) is 0 Å². The van der Waals surface area contributed by atoms with Gasteiger partial charge in [-0.25, -0.2) is 0 Å². The first kappa shape index (κ1) is 52.2. The normalized spacial score (nSPS) is 0. The van der Waals surface area contributed by atoms with Gasteiger partial charge in [-0.05, 0) is 0 Å². The van der Waals surface area contributed by atoms with E-state index in [0.717, 1.165) is 0 Å². The van der Waals surface area contributed by atoms with Gasteiger partial charge in [0.25, 0.3) is 0 Å². The van der Waals surface area contributed by atoms with E-state index in [4.69, 9.17) is 0 Å². The van der Waals surface area contributed by atoms with Gasteiger partial charge in [-0.3, -0.25) is 0 Å². The number of halogens is 4. The summed E-state index contributed by atoms with van der Waals surface area (Å²) in [6.07, 6.45) is 0. The fourth-order valence-electron chi connectivity index (χ4n) is 0. The Bertz CT molecular complexity index is 9.65. The summed E-state index contributed by atoms with van der Waals surface area (Å²) in [6, 6.07) is 0. The van der Waals surface area contributed by atoms with Gasteiger partial charge >= 0.3 is 37.7 Å². The number of hydrogen-bond donors (Lipinski definition) is 0. The fraction of sp³-hybridized carbons (Fsp3) is 0. The van der Waals surface area contributed by atoms with Crippen molar-refractivity contribution in [1.82, 2.24) is 0 Å². The van der Waals surface area contributed by atoms with Crippen LogP contribution in [-0.2, 0) is 0 Å². The summed E-state index contributed by atoms with van der Waals surface area (Å²) in [5.74, 6) is 0. The Balaban J connectivity index is 0. The predicted octanol–water partition coefficient (Wildman–Crippen LogP) is 1.53. The first-order valence-corrected chi connectivity index (χ1v) is 0. The van der Waals surface area contributed by atoms with Crippen molar-refractivity contribution in [3.05, 3.63) is 0 Å². The van der Waals surface area contributed by atoms with Gasteiger partial charge in [-0.2, -0.15) is 0 Å². The Labute approximate surface area is 89.1 Å². The average Bonchev–Trinajstić information content (AvgIpc) is 0. The topological polar surface area (TPSA) is 0 Å². The molecule has 0 rings (SSSR count). The average molecular weight is 188 g/mol. The van der Waals surface area contributed by atoms with Crippen molar-refractivity contribution in [2.24, 2.45) is 0 Å². The molecule has 5 heteroatoms. The third-order valence-corrected chi connectivity index (χ3v) is 0. The number of rotatable bonds is 0. The van der Waals surface area contributed by atoms with Gasteiger partial charge in [-0.15, -0.1) is 49.6 Å². The Morgan fingerprint density at radius 2 is 0.600 bits per heavy atom. The Morgan fingerprint density at radius 3 is 0.600 bits per heavy atom. The molecule has 0 fully saturated rings. The smallest absolute Gasteiger partial charge is 1.00 e. The van der Waals surface area contributed by atoms with Gasteiger partial charge in [0, 0.05) is 0 Å². The van der Waals surface area contributed by atoms with Crippen LogP contribution in [0.15, 0.2) is 0 Å². The molecule has 0 unspecified atom stereocenters. The van der Waals surface area contributed by atoms with Crippen molar-refractivity contribution in [3.63, 3.8) is 0 Å². The third kappa shape index (κ3) is 21.4. The Morgan fingerprint density at radius 1 is 0.600 bits per heavy atom. The third-order valence-electron chi connectivity index (χ3n) is 0. The van der Waals surface area contributed by atoms with Crippen molar-refractivity contribution in [2.45, 2.75) is 0 Å². The molecule has 0 aromatic carbocycles. The molecule has 0 aromatic rings. The van der Waals surface area contributed by atoms with E-state index in [0.29, 0.717) is 0 Å². The molecule has 0 nitrogen and oxygen atoms in total. The van der Waals surface area contributed by atoms with Crippen molar-refractivity contribution < 1.29 is 2.85 Å². The fourth-order valence-corrected chi connectivity index (χ4v) is 0. The molecular formula is H6CaCl4. The van der Waals surface area contributed by atoms with E-state index in [-0.39, 0.29) is 90.2 Å². The molecule has 0 aromatic heterocycles. The van der Waals surface area contributed by atoms with Crippen LogP contribution >= 0.6 is 49.6 Å². The molecule has 0 aliphatic heterocycles. The van der Waals surface area contributed by atoms with E-state index < -0.39 is 0 Å². The molecule has 0 amide bonds. The minimum atomic E-state index is 0. The van der Waals surface area contributed by atoms with Crippen LogP contribution < -0.4 is 0 Å². The quantitative estimate of drug-likeness (QED) is 0.505. The molecule has 0 atom stereocenters. The second-order valence-electron chi connectivity index (χ2n) is 0. The summed E-state index contributed by atoms with van der Waals surface area (Å²) < 4.78 is 0. The van der Waals surface area contributed by atoms with Gasteiger partial charge in [0.15, 0.2) is 0 Å². The molecular weight excluding hydrogens is 182 g/mol. The summed E-state index contributed by atoms with van der Waals surface area (Å²) in [4.78, 5) is 0. The van der Waals surface area contributed by atoms with Crippen LogP contribution in [0.2, 0.25) is 0 Å². The minimum absolute atomic E-state index is 0. The second-order valence-corrected chi connectivity index (χ2v) is 0. The van der Waals surface area contributed by atoms with Gasteiger partial charge < -0.3 is 2.85 Å². The molecule has 0 N–H and O–H groups in total. The first-order chi connectivity index (χ1) is 0. The molecule has 0 radical (unpaired) electrons. The standard InChI is InChI=1S/Ca.4ClH.2H/h;4*1H;;/q+2;;;;;2*-1. The monoisotopic (exact) mass is 186 g/mol. The van der Waals surface area contributed by atoms with Crippen LogP contribution in [-0.4, -0.2) is 37.7 Å². The maximum atomic E-state index is 0. The van der Waals surface area contributed by atoms with E-state index in [1.807, 2.05) is 0 Å². The molecule has 0 heterocycles. The van der Waals surface area contributed by atoms with Crippen LogP contribution in [0.1, 0.15) is 2.85 Å². The molecule has 0 bridgehead atoms. The zero-order valence-electron chi connectivity index (χ0n) is 4.34. The largest absolute Gasteiger partial charge is 2.00 e. The van der Waals surface area contributed by atoms with Crippen LogP contribution in [0.3, 0.4) is 0 Å². The first-order valence-electron chi connectivity index (χ1n) is 0. The SMILES string of the molecule is Cl.Cl.Cl.Cl.[Ca+2].[H-].[H-]. The second kappa shape index (κ2) is 32.2. The van der Waals surface area contributed by atoms with Crippen molar-refractivity contribution in [3.8, 4) is 0 Å². The van der Waals surface area contributed by atoms with Crippen LogP contribution in [0.5, 0.6) is 0 Å². The maximum absolute atomic E-state index is 0.